The van der Waals surface area contributed by atoms with Gasteiger partial charge in [0.15, 0.2) is 0 Å². The van der Waals surface area contributed by atoms with E-state index >= 15 is 0 Å². The van der Waals surface area contributed by atoms with Gasteiger partial charge in [-0.2, -0.15) is 0 Å². The molecule has 0 aliphatic carbocycles. The van der Waals surface area contributed by atoms with E-state index in [1.165, 1.54) is 7.11 Å². The number of phenols is 1. The molecule has 0 spiro atoms. The van der Waals surface area contributed by atoms with Crippen LogP contribution in [0.4, 0.5) is 0 Å². The van der Waals surface area contributed by atoms with E-state index in [9.17, 15) is 19.4 Å². The van der Waals surface area contributed by atoms with Gasteiger partial charge in [-0.25, -0.2) is 4.79 Å². The summed E-state index contributed by atoms with van der Waals surface area (Å²) in [5, 5.41) is 10.6. The Morgan fingerprint density at radius 2 is 2.00 bits per heavy atom. The van der Waals surface area contributed by atoms with Crippen molar-refractivity contribution in [2.45, 2.75) is 60.2 Å². The van der Waals surface area contributed by atoms with Crippen molar-refractivity contribution in [3.8, 4) is 11.5 Å². The van der Waals surface area contributed by atoms with E-state index in [-0.39, 0.29) is 30.4 Å². The molecule has 0 amide bonds. The molecule has 8 nitrogen and oxygen atoms in total. The Balaban J connectivity index is 2.07. The molecule has 1 aromatic carbocycles. The molecule has 31 heavy (non-hydrogen) atoms. The largest absolute Gasteiger partial charge is 0.507 e. The molecule has 1 aliphatic rings. The maximum Gasteiger partial charge on any atom is 0.354 e. The molecule has 0 fully saturated rings. The second-order valence-electron chi connectivity index (χ2n) is 8.63. The number of allylic oxidation sites excluding steroid dienone is 1. The average molecular weight is 456 g/mol. The van der Waals surface area contributed by atoms with E-state index in [1.807, 2.05) is 26.8 Å². The van der Waals surface area contributed by atoms with Crippen LogP contribution in [0.15, 0.2) is 11.6 Å². The summed E-state index contributed by atoms with van der Waals surface area (Å²) in [6.07, 6.45) is 1.68. The Bertz CT molecular complexity index is 917. The third-order valence-corrected chi connectivity index (χ3v) is 6.92. The predicted molar refractivity (Wildman–Crippen MR) is 117 cm³/mol. The second-order valence-corrected chi connectivity index (χ2v) is 10.3. The number of carbonyl (C=O) groups is 1. The van der Waals surface area contributed by atoms with E-state index in [4.69, 9.17) is 18.7 Å². The number of hydrogen-bond donors (Lipinski definition) is 2. The van der Waals surface area contributed by atoms with Gasteiger partial charge in [-0.1, -0.05) is 25.5 Å². The zero-order valence-electron chi connectivity index (χ0n) is 19.3. The van der Waals surface area contributed by atoms with Crippen molar-refractivity contribution in [3.63, 3.8) is 0 Å². The van der Waals surface area contributed by atoms with Gasteiger partial charge < -0.3 is 28.7 Å². The van der Waals surface area contributed by atoms with E-state index in [2.05, 4.69) is 0 Å². The van der Waals surface area contributed by atoms with Crippen LogP contribution in [0.2, 0.25) is 0 Å². The monoisotopic (exact) mass is 456 g/mol. The fraction of sp³-hybridized carbons (Fsp3) is 0.591. The van der Waals surface area contributed by atoms with E-state index in [0.29, 0.717) is 23.3 Å². The first-order chi connectivity index (χ1) is 14.3. The molecule has 1 aliphatic heterocycles. The van der Waals surface area contributed by atoms with Crippen LogP contribution >= 0.6 is 7.60 Å². The number of ether oxygens (including phenoxy) is 3. The molecule has 2 rings (SSSR count). The summed E-state index contributed by atoms with van der Waals surface area (Å²) in [7, 11) is -2.40. The maximum atomic E-state index is 12.3. The first kappa shape index (κ1) is 25.4. The lowest BCUT2D eigenvalue weighted by Gasteiger charge is -2.31. The number of hydrogen-bond acceptors (Lipinski definition) is 7. The molecule has 0 saturated heterocycles. The van der Waals surface area contributed by atoms with Crippen LogP contribution in [-0.4, -0.2) is 41.6 Å². The van der Waals surface area contributed by atoms with Crippen molar-refractivity contribution in [2.24, 2.45) is 5.92 Å². The van der Waals surface area contributed by atoms with Crippen LogP contribution in [0.3, 0.4) is 0 Å². The summed E-state index contributed by atoms with van der Waals surface area (Å²) < 4.78 is 33.6. The summed E-state index contributed by atoms with van der Waals surface area (Å²) in [4.78, 5) is 22.0. The number of phenolic OH excluding ortho intramolecular Hbond substituents is 1. The fourth-order valence-electron chi connectivity index (χ4n) is 3.18. The number of aromatic hydroxyl groups is 1. The van der Waals surface area contributed by atoms with Gasteiger partial charge in [-0.3, -0.25) is 4.57 Å². The number of benzene rings is 1. The zero-order chi connectivity index (χ0) is 23.6. The van der Waals surface area contributed by atoms with Crippen molar-refractivity contribution in [2.75, 3.05) is 20.1 Å². The Labute approximate surface area is 183 Å². The summed E-state index contributed by atoms with van der Waals surface area (Å²) in [5.41, 5.74) is 2.08. The minimum atomic E-state index is -3.91. The van der Waals surface area contributed by atoms with Crippen LogP contribution < -0.4 is 4.74 Å². The molecule has 2 N–H and O–H groups in total. The topological polar surface area (TPSA) is 112 Å². The Morgan fingerprint density at radius 1 is 1.35 bits per heavy atom. The van der Waals surface area contributed by atoms with Crippen molar-refractivity contribution in [1.29, 1.82) is 0 Å². The van der Waals surface area contributed by atoms with Crippen LogP contribution in [0.1, 0.15) is 61.7 Å². The Kier molecular flexibility index (Phi) is 7.98. The lowest BCUT2D eigenvalue weighted by Crippen LogP contribution is -2.30. The predicted octanol–water partition coefficient (Wildman–Crippen LogP) is 4.48. The minimum absolute atomic E-state index is 0.0605. The Morgan fingerprint density at radius 3 is 2.58 bits per heavy atom. The second kappa shape index (κ2) is 9.74. The van der Waals surface area contributed by atoms with Crippen LogP contribution in [-0.2, 0) is 31.6 Å². The number of esters is 1. The summed E-state index contributed by atoms with van der Waals surface area (Å²) in [6, 6.07) is 0. The number of cyclic esters (lactones) is 1. The highest BCUT2D eigenvalue weighted by molar-refractivity contribution is 7.52. The van der Waals surface area contributed by atoms with Crippen LogP contribution in [0, 0.1) is 12.8 Å². The summed E-state index contributed by atoms with van der Waals surface area (Å²) >= 11 is 0. The number of rotatable bonds is 10. The molecule has 0 radical (unpaired) electrons. The van der Waals surface area contributed by atoms with Crippen molar-refractivity contribution < 1.29 is 38.1 Å². The van der Waals surface area contributed by atoms with Gasteiger partial charge in [0.1, 0.15) is 30.0 Å². The standard InChI is InChI=1S/C22H33O8P/c1-13(2)22(5,6)30-31(25,26)12-28-10-14(3)8-9-16-19(23)18-17(11-29-21(18)24)15(4)20(16)27-7/h8,13,23H,9-12H2,1-7H3,(H,25,26). The number of methoxy groups -OCH3 is 1. The lowest BCUT2D eigenvalue weighted by molar-refractivity contribution is 0.0370. The van der Waals surface area contributed by atoms with Crippen molar-refractivity contribution in [1.82, 2.24) is 0 Å². The third kappa shape index (κ3) is 5.89. The van der Waals surface area contributed by atoms with Crippen LogP contribution in [0.25, 0.3) is 0 Å². The highest BCUT2D eigenvalue weighted by Gasteiger charge is 2.34. The average Bonchev–Trinajstić information content (AvgIpc) is 3.04. The number of fused-ring (bicyclic) bond motifs is 1. The van der Waals surface area contributed by atoms with Crippen molar-refractivity contribution >= 4 is 13.6 Å². The van der Waals surface area contributed by atoms with Gasteiger partial charge in [0.05, 0.1) is 19.3 Å². The molecular formula is C22H33O8P. The normalized spacial score (nSPS) is 16.3. The molecule has 1 heterocycles. The van der Waals surface area contributed by atoms with Gasteiger partial charge >= 0.3 is 13.6 Å². The van der Waals surface area contributed by atoms with Gasteiger partial charge in [0.2, 0.25) is 0 Å². The zero-order valence-corrected chi connectivity index (χ0v) is 20.2. The summed E-state index contributed by atoms with van der Waals surface area (Å²) in [5.74, 6) is -0.130. The smallest absolute Gasteiger partial charge is 0.354 e. The molecule has 1 atom stereocenters. The Hall–Kier alpha value is -1.86. The molecule has 1 unspecified atom stereocenters. The molecule has 0 saturated carbocycles. The van der Waals surface area contributed by atoms with Crippen molar-refractivity contribution in [3.05, 3.63) is 33.9 Å². The SMILES string of the molecule is COc1c(C)c2c(c(O)c1CC=C(C)COCP(=O)(O)OC(C)(C)C(C)C)C(=O)OC2. The highest BCUT2D eigenvalue weighted by atomic mass is 31.2. The van der Waals surface area contributed by atoms with E-state index < -0.39 is 25.5 Å². The molecular weight excluding hydrogens is 423 g/mol. The first-order valence-electron chi connectivity index (χ1n) is 10.1. The van der Waals surface area contributed by atoms with Gasteiger partial charge in [-0.05, 0) is 45.6 Å². The quantitative estimate of drug-likeness (QED) is 0.301. The van der Waals surface area contributed by atoms with Crippen LogP contribution in [0.5, 0.6) is 11.5 Å². The third-order valence-electron chi connectivity index (χ3n) is 5.65. The lowest BCUT2D eigenvalue weighted by atomic mass is 9.95. The van der Waals surface area contributed by atoms with E-state index in [0.717, 1.165) is 11.1 Å². The van der Waals surface area contributed by atoms with Gasteiger partial charge in [0, 0.05) is 11.1 Å². The molecule has 1 aromatic rings. The fourth-order valence-corrected chi connectivity index (χ4v) is 4.51. The molecule has 0 bridgehead atoms. The number of carbonyl (C=O) groups excluding carboxylic acids is 1. The molecule has 9 heteroatoms. The maximum absolute atomic E-state index is 12.3. The van der Waals surface area contributed by atoms with E-state index in [1.54, 1.807) is 20.8 Å². The van der Waals surface area contributed by atoms with Gasteiger partial charge in [-0.15, -0.1) is 0 Å². The molecule has 0 aromatic heterocycles. The molecule has 174 valence electrons. The summed E-state index contributed by atoms with van der Waals surface area (Å²) in [6.45, 7) is 11.2. The minimum Gasteiger partial charge on any atom is -0.507 e. The van der Waals surface area contributed by atoms with Gasteiger partial charge in [0.25, 0.3) is 0 Å². The highest BCUT2D eigenvalue weighted by Crippen LogP contribution is 2.48. The first-order valence-corrected chi connectivity index (χ1v) is 11.9.